The van der Waals surface area contributed by atoms with E-state index in [-0.39, 0.29) is 0 Å². The number of unbranched alkanes of at least 4 members (excludes halogenated alkanes) is 1. The summed E-state index contributed by atoms with van der Waals surface area (Å²) >= 11 is 0. The second-order valence-corrected chi connectivity index (χ2v) is 4.88. The molecule has 0 aromatic heterocycles. The van der Waals surface area contributed by atoms with Crippen molar-refractivity contribution in [1.82, 2.24) is 0 Å². The van der Waals surface area contributed by atoms with Crippen LogP contribution in [0.4, 0.5) is 0 Å². The third-order valence-electron chi connectivity index (χ3n) is 3.24. The minimum atomic E-state index is -0.422. The number of esters is 1. The van der Waals surface area contributed by atoms with Crippen molar-refractivity contribution in [2.75, 3.05) is 0 Å². The van der Waals surface area contributed by atoms with Gasteiger partial charge in [-0.2, -0.15) is 0 Å². The topological polar surface area (TPSA) is 43.4 Å². The van der Waals surface area contributed by atoms with Gasteiger partial charge in [0.15, 0.2) is 0 Å². The van der Waals surface area contributed by atoms with Gasteiger partial charge >= 0.3 is 5.97 Å². The lowest BCUT2D eigenvalue weighted by atomic mass is 10.1. The molecule has 3 heteroatoms. The van der Waals surface area contributed by atoms with E-state index < -0.39 is 5.97 Å². The molecule has 0 heterocycles. The average molecular weight is 282 g/mol. The number of benzene rings is 2. The number of aryl methyl sites for hydroxylation is 1. The van der Waals surface area contributed by atoms with Gasteiger partial charge in [0.2, 0.25) is 0 Å². The minimum Gasteiger partial charge on any atom is -0.423 e. The van der Waals surface area contributed by atoms with Gasteiger partial charge in [-0.3, -0.25) is 4.79 Å². The standard InChI is InChI=1S/C18H18O3/c1-2-3-4-14-7-11-17(12-8-14)21-18(20)16-9-5-15(13-19)6-10-16/h5-13H,2-4H2,1H3. The van der Waals surface area contributed by atoms with Crippen LogP contribution in [-0.2, 0) is 6.42 Å². The highest BCUT2D eigenvalue weighted by atomic mass is 16.5. The van der Waals surface area contributed by atoms with E-state index in [4.69, 9.17) is 4.74 Å². The molecular weight excluding hydrogens is 264 g/mol. The predicted molar refractivity (Wildman–Crippen MR) is 81.8 cm³/mol. The van der Waals surface area contributed by atoms with E-state index >= 15 is 0 Å². The van der Waals surface area contributed by atoms with Crippen LogP contribution in [0.1, 0.15) is 46.0 Å². The zero-order valence-corrected chi connectivity index (χ0v) is 12.0. The number of carbonyl (C=O) groups excluding carboxylic acids is 2. The van der Waals surface area contributed by atoms with Gasteiger partial charge in [-0.15, -0.1) is 0 Å². The monoisotopic (exact) mass is 282 g/mol. The van der Waals surface area contributed by atoms with E-state index in [1.54, 1.807) is 24.3 Å². The highest BCUT2D eigenvalue weighted by molar-refractivity contribution is 5.91. The van der Waals surface area contributed by atoms with Crippen LogP contribution < -0.4 is 4.74 Å². The van der Waals surface area contributed by atoms with Crippen LogP contribution in [0.5, 0.6) is 5.75 Å². The first-order valence-corrected chi connectivity index (χ1v) is 7.09. The zero-order chi connectivity index (χ0) is 15.1. The molecule has 0 saturated carbocycles. The molecule has 21 heavy (non-hydrogen) atoms. The fourth-order valence-electron chi connectivity index (χ4n) is 1.97. The molecule has 0 N–H and O–H groups in total. The van der Waals surface area contributed by atoms with Gasteiger partial charge in [0.25, 0.3) is 0 Å². The van der Waals surface area contributed by atoms with Crippen molar-refractivity contribution in [3.05, 3.63) is 65.2 Å². The lowest BCUT2D eigenvalue weighted by molar-refractivity contribution is 0.0734. The molecule has 0 atom stereocenters. The Morgan fingerprint density at radius 3 is 2.29 bits per heavy atom. The van der Waals surface area contributed by atoms with E-state index in [0.717, 1.165) is 25.5 Å². The lowest BCUT2D eigenvalue weighted by Crippen LogP contribution is -2.08. The molecule has 3 nitrogen and oxygen atoms in total. The fourth-order valence-corrected chi connectivity index (χ4v) is 1.97. The van der Waals surface area contributed by atoms with Crippen molar-refractivity contribution in [3.8, 4) is 5.75 Å². The molecule has 0 amide bonds. The Balaban J connectivity index is 1.99. The highest BCUT2D eigenvalue weighted by Crippen LogP contribution is 2.16. The fraction of sp³-hybridized carbons (Fsp3) is 0.222. The number of rotatable bonds is 6. The number of hydrogen-bond donors (Lipinski definition) is 0. The van der Waals surface area contributed by atoms with Crippen molar-refractivity contribution < 1.29 is 14.3 Å². The first-order valence-electron chi connectivity index (χ1n) is 7.09. The van der Waals surface area contributed by atoms with Crippen molar-refractivity contribution in [2.24, 2.45) is 0 Å². The Kier molecular flexibility index (Phi) is 5.27. The van der Waals surface area contributed by atoms with Crippen LogP contribution in [-0.4, -0.2) is 12.3 Å². The summed E-state index contributed by atoms with van der Waals surface area (Å²) in [5.74, 6) is 0.105. The maximum Gasteiger partial charge on any atom is 0.343 e. The molecular formula is C18H18O3. The van der Waals surface area contributed by atoms with Crippen molar-refractivity contribution in [3.63, 3.8) is 0 Å². The molecule has 0 radical (unpaired) electrons. The number of carbonyl (C=O) groups is 2. The Morgan fingerprint density at radius 1 is 1.05 bits per heavy atom. The van der Waals surface area contributed by atoms with Crippen molar-refractivity contribution >= 4 is 12.3 Å². The first kappa shape index (κ1) is 15.0. The van der Waals surface area contributed by atoms with Crippen LogP contribution in [0.2, 0.25) is 0 Å². The first-order chi connectivity index (χ1) is 10.2. The molecule has 0 spiro atoms. The molecule has 0 aliphatic rings. The lowest BCUT2D eigenvalue weighted by Gasteiger charge is -2.06. The van der Waals surface area contributed by atoms with Gasteiger partial charge in [0.05, 0.1) is 5.56 Å². The third kappa shape index (κ3) is 4.28. The summed E-state index contributed by atoms with van der Waals surface area (Å²) in [6.07, 6.45) is 4.09. The van der Waals surface area contributed by atoms with E-state index in [2.05, 4.69) is 6.92 Å². The van der Waals surface area contributed by atoms with Gasteiger partial charge < -0.3 is 4.74 Å². The van der Waals surface area contributed by atoms with Gasteiger partial charge in [0.1, 0.15) is 12.0 Å². The maximum atomic E-state index is 12.0. The van der Waals surface area contributed by atoms with Gasteiger partial charge in [-0.1, -0.05) is 37.6 Å². The minimum absolute atomic E-state index is 0.422. The summed E-state index contributed by atoms with van der Waals surface area (Å²) in [7, 11) is 0. The molecule has 2 aromatic carbocycles. The van der Waals surface area contributed by atoms with E-state index in [0.29, 0.717) is 16.9 Å². The number of hydrogen-bond acceptors (Lipinski definition) is 3. The second-order valence-electron chi connectivity index (χ2n) is 4.88. The van der Waals surface area contributed by atoms with Gasteiger partial charge in [-0.05, 0) is 42.7 Å². The summed E-state index contributed by atoms with van der Waals surface area (Å²) in [6.45, 7) is 2.16. The number of aldehydes is 1. The van der Waals surface area contributed by atoms with Gasteiger partial charge in [-0.25, -0.2) is 4.79 Å². The van der Waals surface area contributed by atoms with Gasteiger partial charge in [0, 0.05) is 5.56 Å². The quantitative estimate of drug-likeness (QED) is 0.456. The van der Waals surface area contributed by atoms with E-state index in [1.165, 1.54) is 5.56 Å². The Labute approximate surface area is 124 Å². The SMILES string of the molecule is CCCCc1ccc(OC(=O)c2ccc(C=O)cc2)cc1. The summed E-state index contributed by atoms with van der Waals surface area (Å²) in [5, 5.41) is 0. The average Bonchev–Trinajstić information content (AvgIpc) is 2.54. The third-order valence-corrected chi connectivity index (χ3v) is 3.24. The normalized spacial score (nSPS) is 10.1. The summed E-state index contributed by atoms with van der Waals surface area (Å²) in [6, 6.07) is 13.9. The molecule has 0 aliphatic heterocycles. The Morgan fingerprint density at radius 2 is 1.71 bits per heavy atom. The smallest absolute Gasteiger partial charge is 0.343 e. The molecule has 0 unspecified atom stereocenters. The van der Waals surface area contributed by atoms with E-state index in [1.807, 2.05) is 24.3 Å². The molecule has 0 bridgehead atoms. The van der Waals surface area contributed by atoms with Crippen LogP contribution >= 0.6 is 0 Å². The highest BCUT2D eigenvalue weighted by Gasteiger charge is 2.08. The largest absolute Gasteiger partial charge is 0.423 e. The number of ether oxygens (including phenoxy) is 1. The molecule has 2 rings (SSSR count). The van der Waals surface area contributed by atoms with Crippen molar-refractivity contribution in [2.45, 2.75) is 26.2 Å². The molecule has 0 saturated heterocycles. The second kappa shape index (κ2) is 7.39. The zero-order valence-electron chi connectivity index (χ0n) is 12.0. The van der Waals surface area contributed by atoms with Crippen LogP contribution in [0.25, 0.3) is 0 Å². The van der Waals surface area contributed by atoms with Crippen LogP contribution in [0.15, 0.2) is 48.5 Å². The Bertz CT molecular complexity index is 597. The molecule has 0 fully saturated rings. The maximum absolute atomic E-state index is 12.0. The van der Waals surface area contributed by atoms with Crippen LogP contribution in [0, 0.1) is 0 Å². The molecule has 2 aromatic rings. The predicted octanol–water partition coefficient (Wildman–Crippen LogP) is 4.06. The van der Waals surface area contributed by atoms with E-state index in [9.17, 15) is 9.59 Å². The molecule has 0 aliphatic carbocycles. The molecule has 108 valence electrons. The summed E-state index contributed by atoms with van der Waals surface area (Å²) < 4.78 is 5.31. The summed E-state index contributed by atoms with van der Waals surface area (Å²) in [4.78, 5) is 22.5. The summed E-state index contributed by atoms with van der Waals surface area (Å²) in [5.41, 5.74) is 2.20. The van der Waals surface area contributed by atoms with Crippen LogP contribution in [0.3, 0.4) is 0 Å². The van der Waals surface area contributed by atoms with Crippen molar-refractivity contribution in [1.29, 1.82) is 0 Å². The Hall–Kier alpha value is -2.42.